The van der Waals surface area contributed by atoms with Crippen LogP contribution >= 0.6 is 11.6 Å². The minimum absolute atomic E-state index is 0.159. The summed E-state index contributed by atoms with van der Waals surface area (Å²) in [5.41, 5.74) is 4.33. The molecule has 0 saturated heterocycles. The van der Waals surface area contributed by atoms with Crippen LogP contribution < -0.4 is 20.9 Å². The summed E-state index contributed by atoms with van der Waals surface area (Å²) in [7, 11) is 0. The Hall–Kier alpha value is -3.20. The average Bonchev–Trinajstić information content (AvgIpc) is 2.64. The number of hydrogen-bond acceptors (Lipinski definition) is 4. The highest BCUT2D eigenvalue weighted by Crippen LogP contribution is 2.19. The van der Waals surface area contributed by atoms with Gasteiger partial charge in [0, 0.05) is 10.6 Å². The number of benzene rings is 2. The van der Waals surface area contributed by atoms with E-state index < -0.39 is 30.9 Å². The minimum Gasteiger partial charge on any atom is -0.434 e. The molecule has 0 heterocycles. The van der Waals surface area contributed by atoms with Gasteiger partial charge in [-0.05, 0) is 30.3 Å². The maximum atomic E-state index is 12.4. The fraction of sp³-hybridized carbons (Fsp3) is 0.118. The zero-order chi connectivity index (χ0) is 19.8. The maximum Gasteiger partial charge on any atom is 0.387 e. The summed E-state index contributed by atoms with van der Waals surface area (Å²) in [4.78, 5) is 35.6. The molecule has 10 heteroatoms. The lowest BCUT2D eigenvalue weighted by molar-refractivity contribution is -0.120. The van der Waals surface area contributed by atoms with Crippen molar-refractivity contribution in [3.05, 3.63) is 64.7 Å². The third-order valence-corrected chi connectivity index (χ3v) is 3.39. The molecule has 142 valence electrons. The standard InChI is InChI=1S/C17H14ClF2N3O4/c18-11-5-3-4-10(8-11)15(25)23-22-14(24)9-21-16(26)12-6-1-2-7-13(12)27-17(19)20/h1-8,17H,9H2,(H,21,26)(H,22,24)(H,23,25). The van der Waals surface area contributed by atoms with Crippen molar-refractivity contribution in [3.63, 3.8) is 0 Å². The Morgan fingerprint density at radius 1 is 1.00 bits per heavy atom. The van der Waals surface area contributed by atoms with Gasteiger partial charge in [-0.3, -0.25) is 25.2 Å². The number of hydrazine groups is 1. The molecule has 0 radical (unpaired) electrons. The van der Waals surface area contributed by atoms with Gasteiger partial charge in [-0.2, -0.15) is 8.78 Å². The van der Waals surface area contributed by atoms with Gasteiger partial charge in [-0.1, -0.05) is 29.8 Å². The molecule has 3 amide bonds. The molecule has 0 aliphatic rings. The Labute approximate surface area is 157 Å². The molecule has 7 nitrogen and oxygen atoms in total. The number of alkyl halides is 2. The summed E-state index contributed by atoms with van der Waals surface area (Å²) in [5.74, 6) is -2.44. The molecule has 0 aliphatic heterocycles. The summed E-state index contributed by atoms with van der Waals surface area (Å²) in [6.07, 6.45) is 0. The molecule has 0 spiro atoms. The van der Waals surface area contributed by atoms with Crippen LogP contribution in [-0.2, 0) is 4.79 Å². The van der Waals surface area contributed by atoms with Crippen LogP contribution in [0.5, 0.6) is 5.75 Å². The van der Waals surface area contributed by atoms with Crippen LogP contribution in [0.1, 0.15) is 20.7 Å². The number of halogens is 3. The van der Waals surface area contributed by atoms with Crippen molar-refractivity contribution in [2.45, 2.75) is 6.61 Å². The topological polar surface area (TPSA) is 96.5 Å². The Kier molecular flexibility index (Phi) is 7.07. The van der Waals surface area contributed by atoms with Crippen molar-refractivity contribution >= 4 is 29.3 Å². The van der Waals surface area contributed by atoms with Gasteiger partial charge in [-0.25, -0.2) is 0 Å². The fourth-order valence-electron chi connectivity index (χ4n) is 1.98. The smallest absolute Gasteiger partial charge is 0.387 e. The molecule has 0 bridgehead atoms. The van der Waals surface area contributed by atoms with Gasteiger partial charge in [0.15, 0.2) is 0 Å². The normalized spacial score (nSPS) is 10.2. The largest absolute Gasteiger partial charge is 0.434 e. The number of nitrogens with one attached hydrogen (secondary N) is 3. The van der Waals surface area contributed by atoms with Crippen LogP contribution in [0.25, 0.3) is 0 Å². The van der Waals surface area contributed by atoms with E-state index in [0.717, 1.165) is 0 Å². The van der Waals surface area contributed by atoms with E-state index in [1.807, 2.05) is 0 Å². The van der Waals surface area contributed by atoms with Gasteiger partial charge in [0.2, 0.25) is 0 Å². The highest BCUT2D eigenvalue weighted by atomic mass is 35.5. The van der Waals surface area contributed by atoms with E-state index in [9.17, 15) is 23.2 Å². The molecule has 0 aromatic heterocycles. The Balaban J connectivity index is 1.85. The van der Waals surface area contributed by atoms with E-state index in [2.05, 4.69) is 20.9 Å². The van der Waals surface area contributed by atoms with E-state index in [4.69, 9.17) is 11.6 Å². The lowest BCUT2D eigenvalue weighted by atomic mass is 10.2. The molecule has 27 heavy (non-hydrogen) atoms. The Morgan fingerprint density at radius 3 is 2.44 bits per heavy atom. The van der Waals surface area contributed by atoms with Crippen molar-refractivity contribution in [3.8, 4) is 5.75 Å². The second-order valence-corrected chi connectivity index (χ2v) is 5.51. The first-order chi connectivity index (χ1) is 12.9. The number of para-hydroxylation sites is 1. The number of rotatable bonds is 6. The maximum absolute atomic E-state index is 12.4. The van der Waals surface area contributed by atoms with Crippen LogP contribution in [0, 0.1) is 0 Å². The van der Waals surface area contributed by atoms with Gasteiger partial charge in [0.1, 0.15) is 5.75 Å². The van der Waals surface area contributed by atoms with E-state index in [1.165, 1.54) is 36.4 Å². The van der Waals surface area contributed by atoms with Gasteiger partial charge in [0.05, 0.1) is 12.1 Å². The number of carbonyl (C=O) groups excluding carboxylic acids is 3. The summed E-state index contributed by atoms with van der Waals surface area (Å²) in [6, 6.07) is 11.4. The summed E-state index contributed by atoms with van der Waals surface area (Å²) >= 11 is 5.77. The third-order valence-electron chi connectivity index (χ3n) is 3.16. The molecular weight excluding hydrogens is 384 g/mol. The van der Waals surface area contributed by atoms with E-state index in [0.29, 0.717) is 5.02 Å². The van der Waals surface area contributed by atoms with E-state index in [-0.39, 0.29) is 16.9 Å². The minimum atomic E-state index is -3.09. The Morgan fingerprint density at radius 2 is 1.74 bits per heavy atom. The van der Waals surface area contributed by atoms with Crippen LogP contribution in [0.2, 0.25) is 5.02 Å². The first-order valence-corrected chi connectivity index (χ1v) is 7.91. The first-order valence-electron chi connectivity index (χ1n) is 7.53. The molecule has 0 unspecified atom stereocenters. The Bertz CT molecular complexity index is 848. The predicted octanol–water partition coefficient (Wildman–Crippen LogP) is 2.13. The number of amides is 3. The summed E-state index contributed by atoms with van der Waals surface area (Å²) < 4.78 is 29.0. The van der Waals surface area contributed by atoms with Crippen molar-refractivity contribution in [1.29, 1.82) is 0 Å². The molecular formula is C17H14ClF2N3O4. The monoisotopic (exact) mass is 397 g/mol. The van der Waals surface area contributed by atoms with Crippen molar-refractivity contribution in [1.82, 2.24) is 16.2 Å². The second-order valence-electron chi connectivity index (χ2n) is 5.07. The summed E-state index contributed by atoms with van der Waals surface area (Å²) in [5, 5.41) is 2.59. The molecule has 2 rings (SSSR count). The van der Waals surface area contributed by atoms with Crippen molar-refractivity contribution in [2.24, 2.45) is 0 Å². The molecule has 0 fully saturated rings. The predicted molar refractivity (Wildman–Crippen MR) is 92.5 cm³/mol. The SMILES string of the molecule is O=C(CNC(=O)c1ccccc1OC(F)F)NNC(=O)c1cccc(Cl)c1. The number of hydrogen-bond donors (Lipinski definition) is 3. The zero-order valence-corrected chi connectivity index (χ0v) is 14.4. The molecule has 0 atom stereocenters. The van der Waals surface area contributed by atoms with Crippen LogP contribution in [0.4, 0.5) is 8.78 Å². The average molecular weight is 398 g/mol. The molecule has 0 aliphatic carbocycles. The second kappa shape index (κ2) is 9.48. The summed E-state index contributed by atoms with van der Waals surface area (Å²) in [6.45, 7) is -3.60. The number of ether oxygens (including phenoxy) is 1. The third kappa shape index (κ3) is 6.23. The highest BCUT2D eigenvalue weighted by Gasteiger charge is 2.16. The van der Waals surface area contributed by atoms with Gasteiger partial charge < -0.3 is 10.1 Å². The molecule has 2 aromatic rings. The molecule has 3 N–H and O–H groups in total. The lowest BCUT2D eigenvalue weighted by Gasteiger charge is -2.11. The molecule has 0 saturated carbocycles. The van der Waals surface area contributed by atoms with Crippen LogP contribution in [-0.4, -0.2) is 30.9 Å². The van der Waals surface area contributed by atoms with Crippen LogP contribution in [0.3, 0.4) is 0 Å². The van der Waals surface area contributed by atoms with Crippen molar-refractivity contribution < 1.29 is 27.9 Å². The van der Waals surface area contributed by atoms with Gasteiger partial charge in [-0.15, -0.1) is 0 Å². The van der Waals surface area contributed by atoms with E-state index >= 15 is 0 Å². The lowest BCUT2D eigenvalue weighted by Crippen LogP contribution is -2.46. The van der Waals surface area contributed by atoms with Gasteiger partial charge >= 0.3 is 6.61 Å². The zero-order valence-electron chi connectivity index (χ0n) is 13.7. The molecule has 2 aromatic carbocycles. The van der Waals surface area contributed by atoms with Gasteiger partial charge in [0.25, 0.3) is 17.7 Å². The fourth-order valence-corrected chi connectivity index (χ4v) is 2.17. The highest BCUT2D eigenvalue weighted by molar-refractivity contribution is 6.30. The van der Waals surface area contributed by atoms with E-state index in [1.54, 1.807) is 12.1 Å². The first kappa shape index (κ1) is 20.1. The number of carbonyl (C=O) groups is 3. The quantitative estimate of drug-likeness (QED) is 0.651. The van der Waals surface area contributed by atoms with Crippen molar-refractivity contribution in [2.75, 3.05) is 6.54 Å². The van der Waals surface area contributed by atoms with Crippen LogP contribution in [0.15, 0.2) is 48.5 Å².